The Hall–Kier alpha value is -0.260. The second-order valence-electron chi connectivity index (χ2n) is 2.86. The van der Waals surface area contributed by atoms with Crippen molar-refractivity contribution in [2.75, 3.05) is 31.9 Å². The Morgan fingerprint density at radius 2 is 2.17 bits per heavy atom. The van der Waals surface area contributed by atoms with Crippen molar-refractivity contribution in [1.82, 2.24) is 10.2 Å². The van der Waals surface area contributed by atoms with Crippen molar-refractivity contribution < 1.29 is 4.79 Å². The molecule has 1 saturated heterocycles. The molecule has 0 bridgehead atoms. The molecule has 70 valence electrons. The summed E-state index contributed by atoms with van der Waals surface area (Å²) < 4.78 is 0. The van der Waals surface area contributed by atoms with Gasteiger partial charge in [-0.15, -0.1) is 0 Å². The van der Waals surface area contributed by atoms with Gasteiger partial charge in [-0.25, -0.2) is 0 Å². The average Bonchev–Trinajstić information content (AvgIpc) is 2.17. The Bertz CT molecular complexity index is 159. The number of nitrogens with zero attached hydrogens (tertiary/aromatic N) is 1. The number of thiol groups is 1. The molecule has 1 rings (SSSR count). The molecule has 0 unspecified atom stereocenters. The number of hydrogen-bond donors (Lipinski definition) is 3. The molecule has 0 spiro atoms. The first-order valence-electron chi connectivity index (χ1n) is 4.11. The SMILES string of the molecule is N[C@@H](CS)C(=O)N1CCNCC1. The molecule has 3 N–H and O–H groups in total. The van der Waals surface area contributed by atoms with Crippen LogP contribution in [-0.2, 0) is 4.79 Å². The Balaban J connectivity index is 2.39. The molecule has 0 aromatic carbocycles. The summed E-state index contributed by atoms with van der Waals surface area (Å²) in [7, 11) is 0. The second-order valence-corrected chi connectivity index (χ2v) is 3.23. The van der Waals surface area contributed by atoms with Crippen LogP contribution in [0.2, 0.25) is 0 Å². The first-order valence-corrected chi connectivity index (χ1v) is 4.75. The van der Waals surface area contributed by atoms with Crippen LogP contribution in [0.3, 0.4) is 0 Å². The van der Waals surface area contributed by atoms with Gasteiger partial charge in [0.1, 0.15) is 0 Å². The number of hydrogen-bond acceptors (Lipinski definition) is 4. The van der Waals surface area contributed by atoms with E-state index in [-0.39, 0.29) is 5.91 Å². The van der Waals surface area contributed by atoms with E-state index in [0.717, 1.165) is 26.2 Å². The molecule has 0 saturated carbocycles. The van der Waals surface area contributed by atoms with E-state index in [1.165, 1.54) is 0 Å². The van der Waals surface area contributed by atoms with Gasteiger partial charge in [-0.2, -0.15) is 12.6 Å². The minimum absolute atomic E-state index is 0.0199. The zero-order valence-electron chi connectivity index (χ0n) is 6.99. The second kappa shape index (κ2) is 4.69. The normalized spacial score (nSPS) is 20.7. The molecule has 1 heterocycles. The van der Waals surface area contributed by atoms with Gasteiger partial charge in [0.2, 0.25) is 5.91 Å². The summed E-state index contributed by atoms with van der Waals surface area (Å²) in [5.41, 5.74) is 5.56. The highest BCUT2D eigenvalue weighted by Gasteiger charge is 2.20. The Kier molecular flexibility index (Phi) is 3.84. The maximum atomic E-state index is 11.5. The van der Waals surface area contributed by atoms with E-state index < -0.39 is 6.04 Å². The average molecular weight is 189 g/mol. The Morgan fingerprint density at radius 3 is 2.67 bits per heavy atom. The Morgan fingerprint density at radius 1 is 1.58 bits per heavy atom. The summed E-state index contributed by atoms with van der Waals surface area (Å²) in [5, 5.41) is 3.17. The molecule has 0 aromatic rings. The van der Waals surface area contributed by atoms with Crippen molar-refractivity contribution in [2.24, 2.45) is 5.73 Å². The minimum Gasteiger partial charge on any atom is -0.339 e. The van der Waals surface area contributed by atoms with Gasteiger partial charge in [0.05, 0.1) is 6.04 Å². The monoisotopic (exact) mass is 189 g/mol. The first-order chi connectivity index (χ1) is 5.75. The van der Waals surface area contributed by atoms with E-state index in [9.17, 15) is 4.79 Å². The highest BCUT2D eigenvalue weighted by atomic mass is 32.1. The van der Waals surface area contributed by atoms with Crippen LogP contribution in [-0.4, -0.2) is 48.8 Å². The largest absolute Gasteiger partial charge is 0.339 e. The fraction of sp³-hybridized carbons (Fsp3) is 0.857. The lowest BCUT2D eigenvalue weighted by atomic mass is 10.2. The summed E-state index contributed by atoms with van der Waals surface area (Å²) in [6, 6.07) is -0.438. The summed E-state index contributed by atoms with van der Waals surface area (Å²) in [6.45, 7) is 3.26. The molecule has 1 aliphatic rings. The zero-order chi connectivity index (χ0) is 8.97. The van der Waals surface area contributed by atoms with Crippen LogP contribution in [0, 0.1) is 0 Å². The molecular formula is C7H15N3OS. The smallest absolute Gasteiger partial charge is 0.240 e. The van der Waals surface area contributed by atoms with Crippen molar-refractivity contribution in [3.63, 3.8) is 0 Å². The lowest BCUT2D eigenvalue weighted by Crippen LogP contribution is -2.52. The molecule has 1 atom stereocenters. The van der Waals surface area contributed by atoms with Crippen LogP contribution >= 0.6 is 12.6 Å². The van der Waals surface area contributed by atoms with Crippen molar-refractivity contribution in [2.45, 2.75) is 6.04 Å². The lowest BCUT2D eigenvalue weighted by Gasteiger charge is -2.29. The topological polar surface area (TPSA) is 58.4 Å². The van der Waals surface area contributed by atoms with Crippen LogP contribution in [0.5, 0.6) is 0 Å². The van der Waals surface area contributed by atoms with E-state index in [2.05, 4.69) is 17.9 Å². The fourth-order valence-electron chi connectivity index (χ4n) is 1.20. The quantitative estimate of drug-likeness (QED) is 0.472. The summed E-state index contributed by atoms with van der Waals surface area (Å²) in [5.74, 6) is 0.439. The molecule has 1 aliphatic heterocycles. The highest BCUT2D eigenvalue weighted by molar-refractivity contribution is 7.80. The van der Waals surface area contributed by atoms with E-state index >= 15 is 0 Å². The van der Waals surface area contributed by atoms with Gasteiger partial charge in [-0.3, -0.25) is 4.79 Å². The third-order valence-electron chi connectivity index (χ3n) is 1.94. The lowest BCUT2D eigenvalue weighted by molar-refractivity contribution is -0.132. The maximum absolute atomic E-state index is 11.5. The van der Waals surface area contributed by atoms with Crippen LogP contribution in [0.25, 0.3) is 0 Å². The van der Waals surface area contributed by atoms with Crippen molar-refractivity contribution >= 4 is 18.5 Å². The predicted molar refractivity (Wildman–Crippen MR) is 51.3 cm³/mol. The molecule has 4 nitrogen and oxygen atoms in total. The van der Waals surface area contributed by atoms with Gasteiger partial charge in [0.25, 0.3) is 0 Å². The van der Waals surface area contributed by atoms with Crippen LogP contribution in [0.15, 0.2) is 0 Å². The highest BCUT2D eigenvalue weighted by Crippen LogP contribution is 1.97. The van der Waals surface area contributed by atoms with Crippen LogP contribution < -0.4 is 11.1 Å². The van der Waals surface area contributed by atoms with Gasteiger partial charge in [0, 0.05) is 31.9 Å². The van der Waals surface area contributed by atoms with E-state index in [0.29, 0.717) is 5.75 Å². The third kappa shape index (κ3) is 2.36. The molecule has 1 fully saturated rings. The van der Waals surface area contributed by atoms with Crippen molar-refractivity contribution in [1.29, 1.82) is 0 Å². The number of nitrogens with two attached hydrogens (primary N) is 1. The molecule has 0 aliphatic carbocycles. The van der Waals surface area contributed by atoms with Crippen LogP contribution in [0.1, 0.15) is 0 Å². The van der Waals surface area contributed by atoms with Gasteiger partial charge in [-0.1, -0.05) is 0 Å². The Labute approximate surface area is 77.9 Å². The van der Waals surface area contributed by atoms with E-state index in [1.807, 2.05) is 0 Å². The van der Waals surface area contributed by atoms with Gasteiger partial charge in [0.15, 0.2) is 0 Å². The predicted octanol–water partition coefficient (Wildman–Crippen LogP) is -1.32. The van der Waals surface area contributed by atoms with Crippen molar-refractivity contribution in [3.05, 3.63) is 0 Å². The molecule has 0 radical (unpaired) electrons. The molecule has 5 heteroatoms. The summed E-state index contributed by atoms with van der Waals surface area (Å²) in [4.78, 5) is 13.2. The maximum Gasteiger partial charge on any atom is 0.240 e. The molecular weight excluding hydrogens is 174 g/mol. The number of nitrogens with one attached hydrogen (secondary N) is 1. The minimum atomic E-state index is -0.438. The number of amides is 1. The molecule has 0 aromatic heterocycles. The summed E-state index contributed by atoms with van der Waals surface area (Å²) >= 11 is 3.99. The third-order valence-corrected chi connectivity index (χ3v) is 2.34. The standard InChI is InChI=1S/C7H15N3OS/c8-6(5-12)7(11)10-3-1-9-2-4-10/h6,9,12H,1-5,8H2/t6-/m0/s1. The van der Waals surface area contributed by atoms with Crippen LogP contribution in [0.4, 0.5) is 0 Å². The molecule has 1 amide bonds. The first kappa shape index (κ1) is 9.83. The zero-order valence-corrected chi connectivity index (χ0v) is 7.89. The van der Waals surface area contributed by atoms with E-state index in [4.69, 9.17) is 5.73 Å². The van der Waals surface area contributed by atoms with Crippen molar-refractivity contribution in [3.8, 4) is 0 Å². The number of carbonyl (C=O) groups excluding carboxylic acids is 1. The summed E-state index contributed by atoms with van der Waals surface area (Å²) in [6.07, 6.45) is 0. The fourth-order valence-corrected chi connectivity index (χ4v) is 1.35. The number of piperazine rings is 1. The van der Waals surface area contributed by atoms with Gasteiger partial charge < -0.3 is 16.0 Å². The van der Waals surface area contributed by atoms with Gasteiger partial charge in [-0.05, 0) is 0 Å². The number of carbonyl (C=O) groups is 1. The molecule has 12 heavy (non-hydrogen) atoms. The number of rotatable bonds is 2. The van der Waals surface area contributed by atoms with E-state index in [1.54, 1.807) is 4.90 Å². The van der Waals surface area contributed by atoms with Gasteiger partial charge >= 0.3 is 0 Å².